The highest BCUT2D eigenvalue weighted by molar-refractivity contribution is 14.1. The van der Waals surface area contributed by atoms with E-state index in [1.165, 1.54) is 0 Å². The molecular weight excluding hydrogens is 319 g/mol. The van der Waals surface area contributed by atoms with Crippen molar-refractivity contribution in [1.29, 1.82) is 0 Å². The smallest absolute Gasteiger partial charge is 0.109 e. The normalized spacial score (nSPS) is 13.0. The average molecular weight is 327 g/mol. The third kappa shape index (κ3) is 3.09. The molecule has 1 unspecified atom stereocenters. The second-order valence-corrected chi connectivity index (χ2v) is 4.52. The van der Waals surface area contributed by atoms with Crippen LogP contribution in [0, 0.1) is 0 Å². The van der Waals surface area contributed by atoms with Crippen molar-refractivity contribution in [1.82, 2.24) is 0 Å². The van der Waals surface area contributed by atoms with Gasteiger partial charge in [-0.05, 0) is 11.6 Å². The molecule has 0 radical (unpaired) electrons. The molecule has 0 aliphatic heterocycles. The van der Waals surface area contributed by atoms with E-state index < -0.39 is 0 Å². The Kier molecular flexibility index (Phi) is 3.81. The van der Waals surface area contributed by atoms with Crippen LogP contribution < -0.4 is 0 Å². The number of aliphatic hydroxyl groups is 1. The van der Waals surface area contributed by atoms with Crippen molar-refractivity contribution >= 4 is 38.5 Å². The summed E-state index contributed by atoms with van der Waals surface area (Å²) in [6, 6.07) is 7.92. The van der Waals surface area contributed by atoms with Gasteiger partial charge in [0.25, 0.3) is 0 Å². The Morgan fingerprint density at radius 1 is 1.45 bits per heavy atom. The first-order chi connectivity index (χ1) is 5.20. The maximum atomic E-state index is 9.10. The summed E-state index contributed by atoms with van der Waals surface area (Å²) in [5.74, 6) is 0. The van der Waals surface area contributed by atoms with E-state index in [0.29, 0.717) is 6.42 Å². The molecule has 1 nitrogen and oxygen atoms in total. The fourth-order valence-corrected chi connectivity index (χ4v) is 1.77. The van der Waals surface area contributed by atoms with Gasteiger partial charge in [0, 0.05) is 10.9 Å². The third-order valence-electron chi connectivity index (χ3n) is 1.35. The van der Waals surface area contributed by atoms with Crippen LogP contribution in [0.15, 0.2) is 28.7 Å². The largest absolute Gasteiger partial charge is 0.382 e. The Hall–Kier alpha value is 0.390. The van der Waals surface area contributed by atoms with Gasteiger partial charge in [-0.15, -0.1) is 0 Å². The fourth-order valence-electron chi connectivity index (χ4n) is 0.845. The first-order valence-corrected chi connectivity index (χ1v) is 5.29. The summed E-state index contributed by atoms with van der Waals surface area (Å²) in [7, 11) is 0. The number of halogens is 2. The highest BCUT2D eigenvalue weighted by Gasteiger charge is 2.02. The zero-order valence-electron chi connectivity index (χ0n) is 5.80. The van der Waals surface area contributed by atoms with Gasteiger partial charge < -0.3 is 5.11 Å². The molecule has 1 N–H and O–H groups in total. The van der Waals surface area contributed by atoms with Crippen LogP contribution in [0.1, 0.15) is 5.56 Å². The van der Waals surface area contributed by atoms with Crippen LogP contribution in [0.4, 0.5) is 0 Å². The molecule has 0 aliphatic carbocycles. The lowest BCUT2D eigenvalue weighted by atomic mass is 10.2. The second-order valence-electron chi connectivity index (χ2n) is 2.23. The van der Waals surface area contributed by atoms with Gasteiger partial charge in [0.15, 0.2) is 0 Å². The van der Waals surface area contributed by atoms with Gasteiger partial charge in [0.1, 0.15) is 4.11 Å². The van der Waals surface area contributed by atoms with Crippen LogP contribution in [0.25, 0.3) is 0 Å². The number of hydrogen-bond donors (Lipinski definition) is 1. The van der Waals surface area contributed by atoms with Gasteiger partial charge in [-0.25, -0.2) is 0 Å². The molecule has 0 heterocycles. The van der Waals surface area contributed by atoms with Crippen LogP contribution in [0.5, 0.6) is 0 Å². The predicted molar refractivity (Wildman–Crippen MR) is 57.9 cm³/mol. The first-order valence-electron chi connectivity index (χ1n) is 3.25. The Morgan fingerprint density at radius 2 is 2.09 bits per heavy atom. The quantitative estimate of drug-likeness (QED) is 0.654. The van der Waals surface area contributed by atoms with Crippen molar-refractivity contribution in [2.75, 3.05) is 0 Å². The number of benzene rings is 1. The van der Waals surface area contributed by atoms with Crippen molar-refractivity contribution in [2.24, 2.45) is 0 Å². The minimum atomic E-state index is -0.300. The maximum Gasteiger partial charge on any atom is 0.109 e. The Labute approximate surface area is 88.1 Å². The molecule has 3 heteroatoms. The molecule has 0 aromatic heterocycles. The second kappa shape index (κ2) is 4.42. The van der Waals surface area contributed by atoms with Gasteiger partial charge in [0.05, 0.1) is 0 Å². The van der Waals surface area contributed by atoms with Crippen molar-refractivity contribution in [3.63, 3.8) is 0 Å². The van der Waals surface area contributed by atoms with Gasteiger partial charge in [0.2, 0.25) is 0 Å². The van der Waals surface area contributed by atoms with Gasteiger partial charge in [-0.1, -0.05) is 56.7 Å². The van der Waals surface area contributed by atoms with Gasteiger partial charge in [-0.2, -0.15) is 0 Å². The van der Waals surface area contributed by atoms with Crippen molar-refractivity contribution in [3.8, 4) is 0 Å². The summed E-state index contributed by atoms with van der Waals surface area (Å²) >= 11 is 5.41. The minimum absolute atomic E-state index is 0.300. The number of alkyl halides is 1. The van der Waals surface area contributed by atoms with Crippen molar-refractivity contribution in [2.45, 2.75) is 10.5 Å². The predicted octanol–water partition coefficient (Wildman–Crippen LogP) is 2.75. The number of hydrogen-bond acceptors (Lipinski definition) is 1. The number of rotatable bonds is 2. The summed E-state index contributed by atoms with van der Waals surface area (Å²) < 4.78 is 0.766. The van der Waals surface area contributed by atoms with Crippen LogP contribution >= 0.6 is 38.5 Å². The fraction of sp³-hybridized carbons (Fsp3) is 0.250. The Morgan fingerprint density at radius 3 is 2.64 bits per heavy atom. The van der Waals surface area contributed by atoms with Crippen LogP contribution in [-0.2, 0) is 6.42 Å². The minimum Gasteiger partial charge on any atom is -0.382 e. The van der Waals surface area contributed by atoms with Crippen LogP contribution in [0.2, 0.25) is 0 Å². The zero-order chi connectivity index (χ0) is 8.27. The highest BCUT2D eigenvalue weighted by atomic mass is 127. The molecule has 0 amide bonds. The van der Waals surface area contributed by atoms with Crippen LogP contribution in [0.3, 0.4) is 0 Å². The summed E-state index contributed by atoms with van der Waals surface area (Å²) in [4.78, 5) is 0. The van der Waals surface area contributed by atoms with E-state index in [2.05, 4.69) is 15.9 Å². The lowest BCUT2D eigenvalue weighted by molar-refractivity contribution is 0.280. The van der Waals surface area contributed by atoms with E-state index in [1.54, 1.807) is 0 Å². The zero-order valence-corrected chi connectivity index (χ0v) is 9.54. The lowest BCUT2D eigenvalue weighted by Crippen LogP contribution is -2.00. The highest BCUT2D eigenvalue weighted by Crippen LogP contribution is 2.18. The summed E-state index contributed by atoms with van der Waals surface area (Å²) in [5, 5.41) is 9.10. The molecule has 0 fully saturated rings. The van der Waals surface area contributed by atoms with E-state index >= 15 is 0 Å². The summed E-state index contributed by atoms with van der Waals surface area (Å²) in [6.45, 7) is 0. The van der Waals surface area contributed by atoms with E-state index in [9.17, 15) is 0 Å². The van der Waals surface area contributed by atoms with Crippen LogP contribution in [-0.4, -0.2) is 9.22 Å². The molecule has 0 aliphatic rings. The Balaban J connectivity index is 2.78. The van der Waals surface area contributed by atoms with E-state index in [4.69, 9.17) is 5.11 Å². The molecule has 60 valence electrons. The first kappa shape index (κ1) is 9.48. The molecule has 11 heavy (non-hydrogen) atoms. The van der Waals surface area contributed by atoms with Crippen molar-refractivity contribution in [3.05, 3.63) is 34.3 Å². The lowest BCUT2D eigenvalue weighted by Gasteiger charge is -2.04. The SMILES string of the molecule is OC(I)Cc1ccccc1Br. The molecule has 1 aromatic carbocycles. The molecular formula is C8H8BrIO. The van der Waals surface area contributed by atoms with Crippen molar-refractivity contribution < 1.29 is 5.11 Å². The average Bonchev–Trinajstić information content (AvgIpc) is 1.93. The van der Waals surface area contributed by atoms with E-state index in [0.717, 1.165) is 10.0 Å². The molecule has 1 aromatic rings. The molecule has 1 atom stereocenters. The monoisotopic (exact) mass is 326 g/mol. The molecule has 1 rings (SSSR count). The maximum absolute atomic E-state index is 9.10. The molecule has 0 bridgehead atoms. The van der Waals surface area contributed by atoms with E-state index in [1.807, 2.05) is 46.9 Å². The third-order valence-corrected chi connectivity index (χ3v) is 2.56. The topological polar surface area (TPSA) is 20.2 Å². The standard InChI is InChI=1S/C8H8BrIO/c9-7-4-2-1-3-6(7)5-8(10)11/h1-4,8,11H,5H2. The number of aliphatic hydroxyl groups excluding tert-OH is 1. The van der Waals surface area contributed by atoms with E-state index in [-0.39, 0.29) is 4.11 Å². The Bertz CT molecular complexity index is 237. The summed E-state index contributed by atoms with van der Waals surface area (Å²) in [5.41, 5.74) is 1.15. The van der Waals surface area contributed by atoms with Gasteiger partial charge in [-0.3, -0.25) is 0 Å². The molecule has 0 spiro atoms. The van der Waals surface area contributed by atoms with Gasteiger partial charge >= 0.3 is 0 Å². The molecule has 0 saturated carbocycles. The summed E-state index contributed by atoms with van der Waals surface area (Å²) in [6.07, 6.45) is 0.696. The molecule has 0 saturated heterocycles.